The van der Waals surface area contributed by atoms with E-state index in [1.807, 2.05) is 38.1 Å². The normalized spacial score (nSPS) is 16.9. The number of anilines is 2. The minimum absolute atomic E-state index is 0.0120. The first-order chi connectivity index (χ1) is 18.4. The Hall–Kier alpha value is -4.39. The summed E-state index contributed by atoms with van der Waals surface area (Å²) < 4.78 is 5.62. The van der Waals surface area contributed by atoms with E-state index in [4.69, 9.17) is 4.74 Å². The second kappa shape index (κ2) is 10.8. The van der Waals surface area contributed by atoms with Crippen LogP contribution in [0, 0.1) is 6.92 Å². The van der Waals surface area contributed by atoms with Crippen molar-refractivity contribution >= 4 is 34.7 Å². The number of ketones is 1. The molecule has 202 valence electrons. The van der Waals surface area contributed by atoms with Gasteiger partial charge in [-0.2, -0.15) is 0 Å². The van der Waals surface area contributed by atoms with Crippen LogP contribution in [0.2, 0.25) is 0 Å². The van der Waals surface area contributed by atoms with Gasteiger partial charge in [-0.1, -0.05) is 45.0 Å². The van der Waals surface area contributed by atoms with Gasteiger partial charge in [0, 0.05) is 23.9 Å². The summed E-state index contributed by atoms with van der Waals surface area (Å²) >= 11 is 0. The molecule has 3 aromatic rings. The molecule has 2 amide bonds. The van der Waals surface area contributed by atoms with Gasteiger partial charge in [0.15, 0.2) is 0 Å². The summed E-state index contributed by atoms with van der Waals surface area (Å²) in [5, 5.41) is 14.2. The number of hydrogen-bond acceptors (Lipinski definition) is 5. The predicted octanol–water partition coefficient (Wildman–Crippen LogP) is 6.28. The van der Waals surface area contributed by atoms with E-state index >= 15 is 0 Å². The standard InChI is InChI=1S/C32H34N2O5/c1-7-39-26-17-10-22(18-19(26)2)29(36)27-28(21-8-11-23(12-9-21)32(4,5)6)34(31(38)30(27)37)25-15-13-24(14-16-25)33-20(3)35/h8-18,28,36H,7H2,1-6H3,(H,33,35)/b29-27-. The third-order valence-electron chi connectivity index (χ3n) is 6.75. The van der Waals surface area contributed by atoms with Gasteiger partial charge in [0.25, 0.3) is 11.7 Å². The number of carbonyl (C=O) groups is 3. The molecule has 1 atom stereocenters. The number of carbonyl (C=O) groups excluding carboxylic acids is 3. The van der Waals surface area contributed by atoms with Crippen LogP contribution in [0.25, 0.3) is 5.76 Å². The van der Waals surface area contributed by atoms with E-state index in [1.54, 1.807) is 42.5 Å². The van der Waals surface area contributed by atoms with Crippen molar-refractivity contribution in [2.75, 3.05) is 16.8 Å². The maximum atomic E-state index is 13.5. The topological polar surface area (TPSA) is 95.9 Å². The van der Waals surface area contributed by atoms with Gasteiger partial charge in [-0.15, -0.1) is 0 Å². The van der Waals surface area contributed by atoms with Gasteiger partial charge in [0.05, 0.1) is 18.2 Å². The lowest BCUT2D eigenvalue weighted by atomic mass is 9.85. The molecule has 7 heteroatoms. The van der Waals surface area contributed by atoms with Crippen LogP contribution >= 0.6 is 0 Å². The van der Waals surface area contributed by atoms with Gasteiger partial charge in [0.2, 0.25) is 5.91 Å². The van der Waals surface area contributed by atoms with E-state index < -0.39 is 17.7 Å². The van der Waals surface area contributed by atoms with Gasteiger partial charge in [-0.05, 0) is 78.4 Å². The molecule has 0 saturated carbocycles. The van der Waals surface area contributed by atoms with Crippen LogP contribution < -0.4 is 15.0 Å². The number of rotatable bonds is 6. The predicted molar refractivity (Wildman–Crippen MR) is 153 cm³/mol. The second-order valence-electron chi connectivity index (χ2n) is 10.7. The fourth-order valence-electron chi connectivity index (χ4n) is 4.76. The minimum Gasteiger partial charge on any atom is -0.507 e. The van der Waals surface area contributed by atoms with E-state index in [2.05, 4.69) is 26.1 Å². The summed E-state index contributed by atoms with van der Waals surface area (Å²) in [5.41, 5.74) is 3.98. The minimum atomic E-state index is -0.850. The fraction of sp³-hybridized carbons (Fsp3) is 0.281. The van der Waals surface area contributed by atoms with Gasteiger partial charge in [-0.25, -0.2) is 0 Å². The summed E-state index contributed by atoms with van der Waals surface area (Å²) in [4.78, 5) is 39.8. The number of benzene rings is 3. The Morgan fingerprint density at radius 3 is 2.18 bits per heavy atom. The SMILES string of the molecule is CCOc1ccc(/C(O)=C2/C(=O)C(=O)N(c3ccc(NC(C)=O)cc3)C2c2ccc(C(C)(C)C)cc2)cc1C. The fourth-order valence-corrected chi connectivity index (χ4v) is 4.76. The van der Waals surface area contributed by atoms with Crippen LogP contribution in [-0.2, 0) is 19.8 Å². The van der Waals surface area contributed by atoms with Crippen molar-refractivity contribution in [3.8, 4) is 5.75 Å². The van der Waals surface area contributed by atoms with Gasteiger partial charge in [0.1, 0.15) is 11.5 Å². The Kier molecular flexibility index (Phi) is 7.63. The first kappa shape index (κ1) is 27.6. The molecule has 1 heterocycles. The first-order valence-electron chi connectivity index (χ1n) is 12.9. The molecule has 0 spiro atoms. The zero-order valence-corrected chi connectivity index (χ0v) is 23.2. The average Bonchev–Trinajstić information content (AvgIpc) is 3.15. The van der Waals surface area contributed by atoms with E-state index in [0.717, 1.165) is 11.1 Å². The summed E-state index contributed by atoms with van der Waals surface area (Å²) in [7, 11) is 0. The molecule has 1 saturated heterocycles. The van der Waals surface area contributed by atoms with E-state index in [9.17, 15) is 19.5 Å². The Labute approximate surface area is 229 Å². The lowest BCUT2D eigenvalue weighted by molar-refractivity contribution is -0.132. The number of amides is 2. The molecule has 1 unspecified atom stereocenters. The van der Waals surface area contributed by atoms with Gasteiger partial charge in [-0.3, -0.25) is 19.3 Å². The van der Waals surface area contributed by atoms with Crippen LogP contribution in [-0.4, -0.2) is 29.3 Å². The summed E-state index contributed by atoms with van der Waals surface area (Å²) in [6.45, 7) is 12.0. The number of hydrogen-bond donors (Lipinski definition) is 2. The van der Waals surface area contributed by atoms with Crippen LogP contribution in [0.4, 0.5) is 11.4 Å². The largest absolute Gasteiger partial charge is 0.507 e. The zero-order valence-electron chi connectivity index (χ0n) is 23.2. The molecule has 2 N–H and O–H groups in total. The number of aliphatic hydroxyl groups excluding tert-OH is 1. The average molecular weight is 527 g/mol. The molecule has 4 rings (SSSR count). The highest BCUT2D eigenvalue weighted by atomic mass is 16.5. The Bertz CT molecular complexity index is 1450. The van der Waals surface area contributed by atoms with Crippen molar-refractivity contribution in [3.63, 3.8) is 0 Å². The molecule has 1 aliphatic heterocycles. The Morgan fingerprint density at radius 2 is 1.64 bits per heavy atom. The van der Waals surface area contributed by atoms with Crippen LogP contribution in [0.5, 0.6) is 5.75 Å². The molecule has 39 heavy (non-hydrogen) atoms. The lowest BCUT2D eigenvalue weighted by Gasteiger charge is -2.27. The number of aryl methyl sites for hydroxylation is 1. The van der Waals surface area contributed by atoms with Crippen molar-refractivity contribution in [2.24, 2.45) is 0 Å². The molecular formula is C32H34N2O5. The van der Waals surface area contributed by atoms with E-state index in [0.29, 0.717) is 34.9 Å². The quantitative estimate of drug-likeness (QED) is 0.224. The molecule has 3 aromatic carbocycles. The molecule has 1 aliphatic rings. The highest BCUT2D eigenvalue weighted by molar-refractivity contribution is 6.51. The lowest BCUT2D eigenvalue weighted by Crippen LogP contribution is -2.29. The molecule has 0 bridgehead atoms. The van der Waals surface area contributed by atoms with Crippen LogP contribution in [0.3, 0.4) is 0 Å². The van der Waals surface area contributed by atoms with Crippen LogP contribution in [0.1, 0.15) is 62.9 Å². The second-order valence-corrected chi connectivity index (χ2v) is 10.7. The number of Topliss-reactive ketones (excluding diaryl/α,β-unsaturated/α-hetero) is 1. The molecule has 0 aromatic heterocycles. The summed E-state index contributed by atoms with van der Waals surface area (Å²) in [6, 6.07) is 18.8. The number of ether oxygens (including phenoxy) is 1. The van der Waals surface area contributed by atoms with Crippen molar-refractivity contribution < 1.29 is 24.2 Å². The number of nitrogens with one attached hydrogen (secondary N) is 1. The smallest absolute Gasteiger partial charge is 0.300 e. The maximum absolute atomic E-state index is 13.5. The summed E-state index contributed by atoms with van der Waals surface area (Å²) in [5.74, 6) is -1.29. The molecule has 7 nitrogen and oxygen atoms in total. The summed E-state index contributed by atoms with van der Waals surface area (Å²) in [6.07, 6.45) is 0. The van der Waals surface area contributed by atoms with Crippen molar-refractivity contribution in [2.45, 2.75) is 53.0 Å². The molecule has 1 fully saturated rings. The van der Waals surface area contributed by atoms with Crippen molar-refractivity contribution in [1.29, 1.82) is 0 Å². The monoisotopic (exact) mass is 526 g/mol. The molecule has 0 radical (unpaired) electrons. The highest BCUT2D eigenvalue weighted by Gasteiger charge is 2.47. The first-order valence-corrected chi connectivity index (χ1v) is 12.9. The highest BCUT2D eigenvalue weighted by Crippen LogP contribution is 2.43. The van der Waals surface area contributed by atoms with E-state index in [-0.39, 0.29) is 22.7 Å². The Morgan fingerprint density at radius 1 is 1.00 bits per heavy atom. The third-order valence-corrected chi connectivity index (χ3v) is 6.75. The Balaban J connectivity index is 1.87. The van der Waals surface area contributed by atoms with Gasteiger partial charge < -0.3 is 15.2 Å². The van der Waals surface area contributed by atoms with Gasteiger partial charge >= 0.3 is 0 Å². The van der Waals surface area contributed by atoms with Crippen molar-refractivity contribution in [1.82, 2.24) is 0 Å². The van der Waals surface area contributed by atoms with E-state index in [1.165, 1.54) is 11.8 Å². The number of nitrogens with zero attached hydrogens (tertiary/aromatic N) is 1. The molecular weight excluding hydrogens is 492 g/mol. The zero-order chi connectivity index (χ0) is 28.5. The number of aliphatic hydroxyl groups is 1. The molecule has 0 aliphatic carbocycles. The van der Waals surface area contributed by atoms with Crippen LogP contribution in [0.15, 0.2) is 72.3 Å². The third kappa shape index (κ3) is 5.58. The maximum Gasteiger partial charge on any atom is 0.300 e. The van der Waals surface area contributed by atoms with Crippen molar-refractivity contribution in [3.05, 3.63) is 94.6 Å².